The minimum atomic E-state index is -2.68. The molecule has 4 rings (SSSR count). The molecule has 0 heterocycles. The van der Waals surface area contributed by atoms with E-state index in [-0.39, 0.29) is 50.5 Å². The third-order valence-electron chi connectivity index (χ3n) is 6.34. The summed E-state index contributed by atoms with van der Waals surface area (Å²) in [5.41, 5.74) is 4.28. The zero-order valence-corrected chi connectivity index (χ0v) is 16.5. The van der Waals surface area contributed by atoms with Crippen LogP contribution in [0.1, 0.15) is 49.1 Å². The lowest BCUT2D eigenvalue weighted by Gasteiger charge is -2.29. The van der Waals surface area contributed by atoms with Gasteiger partial charge < -0.3 is 9.84 Å². The number of carboxylic acids is 1. The molecule has 6 heteroatoms. The fourth-order valence-electron chi connectivity index (χ4n) is 4.67. The fourth-order valence-corrected chi connectivity index (χ4v) is 4.67. The van der Waals surface area contributed by atoms with Gasteiger partial charge in [-0.3, -0.25) is 9.59 Å². The number of benzene rings is 2. The lowest BCUT2D eigenvalue weighted by molar-refractivity contribution is -0.160. The quantitative estimate of drug-likeness (QED) is 0.517. The van der Waals surface area contributed by atoms with Crippen LogP contribution in [-0.2, 0) is 14.3 Å². The highest BCUT2D eigenvalue weighted by molar-refractivity contribution is 5.94. The van der Waals surface area contributed by atoms with Gasteiger partial charge >= 0.3 is 11.9 Å². The first-order valence-corrected chi connectivity index (χ1v) is 10.3. The Morgan fingerprint density at radius 3 is 2.07 bits per heavy atom. The van der Waals surface area contributed by atoms with Crippen LogP contribution in [0.15, 0.2) is 48.5 Å². The summed E-state index contributed by atoms with van der Waals surface area (Å²) in [5.74, 6) is -6.41. The van der Waals surface area contributed by atoms with Crippen LogP contribution in [0.4, 0.5) is 8.78 Å². The van der Waals surface area contributed by atoms with Crippen LogP contribution in [0, 0.1) is 11.8 Å². The van der Waals surface area contributed by atoms with Crippen molar-refractivity contribution in [1.82, 2.24) is 0 Å². The Labute approximate surface area is 173 Å². The van der Waals surface area contributed by atoms with Gasteiger partial charge in [-0.05, 0) is 47.4 Å². The maximum absolute atomic E-state index is 13.4. The molecular weight excluding hydrogens is 390 g/mol. The molecule has 0 bridgehead atoms. The van der Waals surface area contributed by atoms with E-state index in [9.17, 15) is 23.5 Å². The Morgan fingerprint density at radius 2 is 1.53 bits per heavy atom. The minimum Gasteiger partial charge on any atom is -0.481 e. The van der Waals surface area contributed by atoms with Crippen LogP contribution >= 0.6 is 0 Å². The molecule has 0 spiro atoms. The molecule has 2 aromatic rings. The summed E-state index contributed by atoms with van der Waals surface area (Å²) < 4.78 is 32.2. The van der Waals surface area contributed by atoms with Crippen molar-refractivity contribution < 1.29 is 28.2 Å². The maximum atomic E-state index is 13.4. The SMILES string of the molecule is O=C(O)[C@H](CC1CCC(F)(F)CC1)C(=O)OCC1c2ccccc2-c2ccccc21. The predicted octanol–water partition coefficient (Wildman–Crippen LogP) is 5.26. The van der Waals surface area contributed by atoms with Gasteiger partial charge in [-0.25, -0.2) is 8.78 Å². The van der Waals surface area contributed by atoms with Crippen molar-refractivity contribution in [2.75, 3.05) is 6.61 Å². The molecule has 1 fully saturated rings. The van der Waals surface area contributed by atoms with Crippen LogP contribution < -0.4 is 0 Å². The number of rotatable bonds is 6. The van der Waals surface area contributed by atoms with Crippen molar-refractivity contribution in [2.45, 2.75) is 43.9 Å². The van der Waals surface area contributed by atoms with Crippen LogP contribution in [0.3, 0.4) is 0 Å². The molecule has 0 aromatic heterocycles. The standard InChI is InChI=1S/C24H24F2O4/c25-24(26)11-9-15(10-12-24)13-20(22(27)28)23(29)30-14-21-18-7-3-1-5-16(18)17-6-2-4-8-19(17)21/h1-8,15,20-21H,9-14H2,(H,27,28)/t20-/m0/s1. The summed E-state index contributed by atoms with van der Waals surface area (Å²) in [6, 6.07) is 15.8. The minimum absolute atomic E-state index is 0.0437. The zero-order valence-electron chi connectivity index (χ0n) is 16.5. The molecule has 2 aliphatic rings. The number of aliphatic carboxylic acids is 1. The van der Waals surface area contributed by atoms with Gasteiger partial charge in [0.05, 0.1) is 0 Å². The number of carbonyl (C=O) groups excluding carboxylic acids is 1. The molecule has 1 N–H and O–H groups in total. The summed E-state index contributed by atoms with van der Waals surface area (Å²) >= 11 is 0. The van der Waals surface area contributed by atoms with Gasteiger partial charge in [-0.15, -0.1) is 0 Å². The van der Waals surface area contributed by atoms with E-state index in [0.29, 0.717) is 0 Å². The van der Waals surface area contributed by atoms with Crippen LogP contribution in [0.2, 0.25) is 0 Å². The molecule has 0 radical (unpaired) electrons. The highest BCUT2D eigenvalue weighted by atomic mass is 19.3. The monoisotopic (exact) mass is 414 g/mol. The topological polar surface area (TPSA) is 63.6 Å². The van der Waals surface area contributed by atoms with E-state index < -0.39 is 23.8 Å². The van der Waals surface area contributed by atoms with Crippen molar-refractivity contribution >= 4 is 11.9 Å². The first-order valence-electron chi connectivity index (χ1n) is 10.3. The molecule has 0 unspecified atom stereocenters. The molecule has 2 aliphatic carbocycles. The molecule has 0 saturated heterocycles. The maximum Gasteiger partial charge on any atom is 0.320 e. The van der Waals surface area contributed by atoms with Gasteiger partial charge in [0, 0.05) is 18.8 Å². The van der Waals surface area contributed by atoms with E-state index in [1.165, 1.54) is 0 Å². The van der Waals surface area contributed by atoms with E-state index in [0.717, 1.165) is 22.3 Å². The number of fused-ring (bicyclic) bond motifs is 3. The molecule has 158 valence electrons. The normalized spacial score (nSPS) is 19.0. The predicted molar refractivity (Wildman–Crippen MR) is 107 cm³/mol. The van der Waals surface area contributed by atoms with Gasteiger partial charge in [-0.2, -0.15) is 0 Å². The third kappa shape index (κ3) is 4.09. The molecular formula is C24H24F2O4. The fraction of sp³-hybridized carbons (Fsp3) is 0.417. The molecule has 1 saturated carbocycles. The Kier molecular flexibility index (Phi) is 5.58. The molecule has 2 aromatic carbocycles. The molecule has 0 aliphatic heterocycles. The molecule has 0 amide bonds. The number of ether oxygens (including phenoxy) is 1. The number of alkyl halides is 2. The Morgan fingerprint density at radius 1 is 1.00 bits per heavy atom. The Hall–Kier alpha value is -2.76. The van der Waals surface area contributed by atoms with E-state index in [4.69, 9.17) is 4.74 Å². The highest BCUT2D eigenvalue weighted by Gasteiger charge is 2.39. The number of carboxylic acid groups (broad SMARTS) is 1. The summed E-state index contributed by atoms with van der Waals surface area (Å²) in [5, 5.41) is 9.54. The molecule has 30 heavy (non-hydrogen) atoms. The van der Waals surface area contributed by atoms with Crippen LogP contribution in [-0.4, -0.2) is 29.6 Å². The second kappa shape index (κ2) is 8.17. The Bertz CT molecular complexity index is 900. The largest absolute Gasteiger partial charge is 0.481 e. The number of hydrogen-bond donors (Lipinski definition) is 1. The number of carbonyl (C=O) groups is 2. The van der Waals surface area contributed by atoms with Crippen molar-refractivity contribution in [1.29, 1.82) is 0 Å². The summed E-state index contributed by atoms with van der Waals surface area (Å²) in [4.78, 5) is 24.3. The van der Waals surface area contributed by atoms with E-state index in [1.54, 1.807) is 0 Å². The third-order valence-corrected chi connectivity index (χ3v) is 6.34. The van der Waals surface area contributed by atoms with Crippen molar-refractivity contribution in [3.63, 3.8) is 0 Å². The first-order chi connectivity index (χ1) is 14.4. The average molecular weight is 414 g/mol. The van der Waals surface area contributed by atoms with E-state index >= 15 is 0 Å². The second-order valence-electron chi connectivity index (χ2n) is 8.28. The van der Waals surface area contributed by atoms with Gasteiger partial charge in [0.2, 0.25) is 5.92 Å². The second-order valence-corrected chi connectivity index (χ2v) is 8.28. The van der Waals surface area contributed by atoms with Crippen molar-refractivity contribution in [3.05, 3.63) is 59.7 Å². The Balaban J connectivity index is 1.44. The smallest absolute Gasteiger partial charge is 0.320 e. The van der Waals surface area contributed by atoms with Crippen LogP contribution in [0.25, 0.3) is 11.1 Å². The van der Waals surface area contributed by atoms with Gasteiger partial charge in [0.1, 0.15) is 6.61 Å². The first kappa shape index (κ1) is 20.5. The van der Waals surface area contributed by atoms with Gasteiger partial charge in [-0.1, -0.05) is 48.5 Å². The summed E-state index contributed by atoms with van der Waals surface area (Å²) in [6.45, 7) is 0.0549. The lowest BCUT2D eigenvalue weighted by atomic mass is 9.81. The lowest BCUT2D eigenvalue weighted by Crippen LogP contribution is -2.32. The van der Waals surface area contributed by atoms with Crippen LogP contribution in [0.5, 0.6) is 0 Å². The summed E-state index contributed by atoms with van der Waals surface area (Å²) in [7, 11) is 0. The van der Waals surface area contributed by atoms with Crippen molar-refractivity contribution in [2.24, 2.45) is 11.8 Å². The summed E-state index contributed by atoms with van der Waals surface area (Å²) in [6.07, 6.45) is -0.00759. The molecule has 1 atom stereocenters. The highest BCUT2D eigenvalue weighted by Crippen LogP contribution is 2.44. The van der Waals surface area contributed by atoms with Gasteiger partial charge in [0.15, 0.2) is 5.92 Å². The van der Waals surface area contributed by atoms with Crippen molar-refractivity contribution in [3.8, 4) is 11.1 Å². The van der Waals surface area contributed by atoms with E-state index in [2.05, 4.69) is 0 Å². The number of halogens is 2. The average Bonchev–Trinajstić information content (AvgIpc) is 3.05. The number of hydrogen-bond acceptors (Lipinski definition) is 3. The molecule has 4 nitrogen and oxygen atoms in total. The number of esters is 1. The van der Waals surface area contributed by atoms with Gasteiger partial charge in [0.25, 0.3) is 0 Å². The van der Waals surface area contributed by atoms with E-state index in [1.807, 2.05) is 48.5 Å². The zero-order chi connectivity index (χ0) is 21.3.